The van der Waals surface area contributed by atoms with Crippen LogP contribution in [-0.2, 0) is 20.0 Å². The maximum absolute atomic E-state index is 13.1. The van der Waals surface area contributed by atoms with Gasteiger partial charge >= 0.3 is 0 Å². The number of anilines is 1. The number of hydrogen-bond donors (Lipinski definition) is 1. The first-order valence-electron chi connectivity index (χ1n) is 11.3. The molecule has 0 unspecified atom stereocenters. The molecule has 1 amide bonds. The first-order valence-corrected chi connectivity index (χ1v) is 14.6. The molecule has 0 aliphatic carbocycles. The Hall–Kier alpha value is -1.98. The highest BCUT2D eigenvalue weighted by Gasteiger charge is 2.29. The van der Waals surface area contributed by atoms with E-state index in [2.05, 4.69) is 12.2 Å². The summed E-state index contributed by atoms with van der Waals surface area (Å²) in [4.78, 5) is 13.1. The van der Waals surface area contributed by atoms with Crippen LogP contribution in [0.1, 0.15) is 43.0 Å². The lowest BCUT2D eigenvalue weighted by atomic mass is 10.0. The van der Waals surface area contributed by atoms with Crippen LogP contribution in [0.15, 0.2) is 52.3 Å². The number of sulfonamides is 2. The Morgan fingerprint density at radius 2 is 1.38 bits per heavy atom. The summed E-state index contributed by atoms with van der Waals surface area (Å²) in [6.45, 7) is 4.01. The smallest absolute Gasteiger partial charge is 0.257 e. The minimum atomic E-state index is -3.74. The zero-order chi connectivity index (χ0) is 24.5. The minimum absolute atomic E-state index is 0.0173. The van der Waals surface area contributed by atoms with E-state index in [1.807, 2.05) is 0 Å². The largest absolute Gasteiger partial charge is 0.322 e. The van der Waals surface area contributed by atoms with Gasteiger partial charge in [-0.15, -0.1) is 0 Å². The molecule has 2 aliphatic heterocycles. The fourth-order valence-corrected chi connectivity index (χ4v) is 7.42. The van der Waals surface area contributed by atoms with Gasteiger partial charge in [0, 0.05) is 31.9 Å². The Bertz CT molecular complexity index is 1270. The van der Waals surface area contributed by atoms with Crippen LogP contribution >= 0.6 is 11.6 Å². The third-order valence-corrected chi connectivity index (χ3v) is 10.5. The summed E-state index contributed by atoms with van der Waals surface area (Å²) in [7, 11) is -7.29. The van der Waals surface area contributed by atoms with Crippen LogP contribution in [-0.4, -0.2) is 57.5 Å². The molecule has 11 heteroatoms. The zero-order valence-electron chi connectivity index (χ0n) is 18.9. The minimum Gasteiger partial charge on any atom is -0.322 e. The van der Waals surface area contributed by atoms with Crippen LogP contribution in [0.4, 0.5) is 5.69 Å². The Morgan fingerprint density at radius 3 is 2.00 bits per heavy atom. The van der Waals surface area contributed by atoms with Crippen molar-refractivity contribution in [1.82, 2.24) is 8.61 Å². The molecule has 2 aliphatic rings. The second-order valence-electron chi connectivity index (χ2n) is 8.82. The molecule has 2 heterocycles. The number of carbonyl (C=O) groups is 1. The van der Waals surface area contributed by atoms with Crippen molar-refractivity contribution < 1.29 is 21.6 Å². The van der Waals surface area contributed by atoms with Crippen molar-refractivity contribution in [3.05, 3.63) is 53.1 Å². The fraction of sp³-hybridized carbons (Fsp3) is 0.435. The summed E-state index contributed by atoms with van der Waals surface area (Å²) in [6.07, 6.45) is 3.28. The van der Waals surface area contributed by atoms with Crippen LogP contribution < -0.4 is 5.32 Å². The van der Waals surface area contributed by atoms with Crippen molar-refractivity contribution in [2.45, 2.75) is 42.4 Å². The summed E-state index contributed by atoms with van der Waals surface area (Å²) >= 11 is 6.22. The number of rotatable bonds is 6. The van der Waals surface area contributed by atoms with E-state index in [9.17, 15) is 21.6 Å². The average molecular weight is 526 g/mol. The monoisotopic (exact) mass is 525 g/mol. The first-order chi connectivity index (χ1) is 16.1. The third-order valence-electron chi connectivity index (χ3n) is 6.38. The third kappa shape index (κ3) is 5.16. The molecule has 0 radical (unpaired) electrons. The molecule has 4 rings (SSSR count). The van der Waals surface area contributed by atoms with Gasteiger partial charge in [-0.2, -0.15) is 8.61 Å². The van der Waals surface area contributed by atoms with Gasteiger partial charge in [0.15, 0.2) is 0 Å². The number of nitrogens with one attached hydrogen (secondary N) is 1. The van der Waals surface area contributed by atoms with E-state index in [4.69, 9.17) is 11.6 Å². The van der Waals surface area contributed by atoms with Crippen molar-refractivity contribution in [3.63, 3.8) is 0 Å². The Labute approximate surface area is 206 Å². The fourth-order valence-electron chi connectivity index (χ4n) is 4.20. The van der Waals surface area contributed by atoms with Gasteiger partial charge in [-0.1, -0.05) is 18.5 Å². The lowest BCUT2D eigenvalue weighted by Gasteiger charge is -2.29. The van der Waals surface area contributed by atoms with E-state index in [0.717, 1.165) is 25.7 Å². The van der Waals surface area contributed by atoms with Crippen molar-refractivity contribution in [2.75, 3.05) is 31.5 Å². The van der Waals surface area contributed by atoms with Gasteiger partial charge in [-0.25, -0.2) is 16.8 Å². The molecule has 2 aromatic rings. The summed E-state index contributed by atoms with van der Waals surface area (Å²) in [5.74, 6) is -0.0980. The number of piperidine rings is 1. The lowest BCUT2D eigenvalue weighted by Crippen LogP contribution is -2.37. The van der Waals surface area contributed by atoms with Crippen molar-refractivity contribution >= 4 is 43.2 Å². The molecule has 184 valence electrons. The zero-order valence-corrected chi connectivity index (χ0v) is 21.3. The molecule has 0 aromatic heterocycles. The van der Waals surface area contributed by atoms with Gasteiger partial charge in [-0.05, 0) is 74.1 Å². The summed E-state index contributed by atoms with van der Waals surface area (Å²) in [5, 5.41) is 2.79. The second-order valence-corrected chi connectivity index (χ2v) is 13.1. The van der Waals surface area contributed by atoms with Gasteiger partial charge in [0.1, 0.15) is 0 Å². The van der Waals surface area contributed by atoms with E-state index in [-0.39, 0.29) is 20.4 Å². The SMILES string of the molecule is CC1CCN(S(=O)(=O)c2ccc(Cl)c(C(=O)Nc3ccc(S(=O)(=O)N4CCCC4)cc3)c2)CC1. The molecule has 0 saturated carbocycles. The summed E-state index contributed by atoms with van der Waals surface area (Å²) in [5.41, 5.74) is 0.404. The molecule has 0 atom stereocenters. The predicted molar refractivity (Wildman–Crippen MR) is 131 cm³/mol. The number of carbonyl (C=O) groups excluding carboxylic acids is 1. The molecule has 2 fully saturated rings. The molecule has 2 aromatic carbocycles. The quantitative estimate of drug-likeness (QED) is 0.617. The number of benzene rings is 2. The van der Waals surface area contributed by atoms with E-state index in [1.165, 1.54) is 51.1 Å². The molecule has 2 saturated heterocycles. The summed E-state index contributed by atoms with van der Waals surface area (Å²) < 4.78 is 54.4. The van der Waals surface area contributed by atoms with E-state index in [0.29, 0.717) is 37.8 Å². The molecular weight excluding hydrogens is 498 g/mol. The molecule has 0 spiro atoms. The van der Waals surface area contributed by atoms with Crippen LogP contribution in [0.5, 0.6) is 0 Å². The van der Waals surface area contributed by atoms with Gasteiger partial charge in [0.05, 0.1) is 20.4 Å². The van der Waals surface area contributed by atoms with Crippen LogP contribution in [0.25, 0.3) is 0 Å². The van der Waals surface area contributed by atoms with E-state index < -0.39 is 26.0 Å². The van der Waals surface area contributed by atoms with Crippen molar-refractivity contribution in [2.24, 2.45) is 5.92 Å². The number of hydrogen-bond acceptors (Lipinski definition) is 5. The topological polar surface area (TPSA) is 104 Å². The molecule has 34 heavy (non-hydrogen) atoms. The number of amides is 1. The van der Waals surface area contributed by atoms with Crippen molar-refractivity contribution in [3.8, 4) is 0 Å². The standard InChI is InChI=1S/C23H28ClN3O5S2/c1-17-10-14-27(15-11-17)34(31,32)20-8-9-22(24)21(16-20)23(28)25-18-4-6-19(7-5-18)33(29,30)26-12-2-3-13-26/h4-9,16-17H,2-3,10-15H2,1H3,(H,25,28). The van der Waals surface area contributed by atoms with Gasteiger partial charge in [-0.3, -0.25) is 4.79 Å². The first kappa shape index (κ1) is 25.1. The lowest BCUT2D eigenvalue weighted by molar-refractivity contribution is 0.102. The Balaban J connectivity index is 1.51. The average Bonchev–Trinajstić information content (AvgIpc) is 3.36. The number of halogens is 1. The van der Waals surface area contributed by atoms with Crippen LogP contribution in [0.3, 0.4) is 0 Å². The van der Waals surface area contributed by atoms with E-state index >= 15 is 0 Å². The van der Waals surface area contributed by atoms with Gasteiger partial charge in [0.2, 0.25) is 20.0 Å². The number of nitrogens with zero attached hydrogens (tertiary/aromatic N) is 2. The Kier molecular flexibility index (Phi) is 7.35. The van der Waals surface area contributed by atoms with Crippen LogP contribution in [0.2, 0.25) is 5.02 Å². The molecule has 8 nitrogen and oxygen atoms in total. The van der Waals surface area contributed by atoms with Crippen LogP contribution in [0, 0.1) is 5.92 Å². The second kappa shape index (κ2) is 9.94. The summed E-state index contributed by atoms with van der Waals surface area (Å²) in [6, 6.07) is 10.0. The molecular formula is C23H28ClN3O5S2. The van der Waals surface area contributed by atoms with Gasteiger partial charge in [0.25, 0.3) is 5.91 Å². The molecule has 0 bridgehead atoms. The normalized spacial score (nSPS) is 18.8. The maximum Gasteiger partial charge on any atom is 0.257 e. The molecule has 1 N–H and O–H groups in total. The van der Waals surface area contributed by atoms with Crippen molar-refractivity contribution in [1.29, 1.82) is 0 Å². The predicted octanol–water partition coefficient (Wildman–Crippen LogP) is 3.80. The van der Waals surface area contributed by atoms with E-state index in [1.54, 1.807) is 0 Å². The maximum atomic E-state index is 13.1. The highest BCUT2D eigenvalue weighted by Crippen LogP contribution is 2.28. The Morgan fingerprint density at radius 1 is 0.853 bits per heavy atom. The highest BCUT2D eigenvalue weighted by atomic mass is 35.5. The highest BCUT2D eigenvalue weighted by molar-refractivity contribution is 7.89. The van der Waals surface area contributed by atoms with Gasteiger partial charge < -0.3 is 5.32 Å².